The normalized spacial score (nSPS) is 16.8. The third-order valence-corrected chi connectivity index (χ3v) is 5.15. The molecular weight excluding hydrogens is 312 g/mol. The number of rotatable bonds is 5. The van der Waals surface area contributed by atoms with Gasteiger partial charge in [0.2, 0.25) is 0 Å². The molecule has 0 aliphatic heterocycles. The van der Waals surface area contributed by atoms with Crippen molar-refractivity contribution in [1.29, 1.82) is 0 Å². The van der Waals surface area contributed by atoms with E-state index in [0.29, 0.717) is 12.5 Å². The lowest BCUT2D eigenvalue weighted by Gasteiger charge is -2.17. The van der Waals surface area contributed by atoms with Gasteiger partial charge >= 0.3 is 0 Å². The number of hydrogen-bond donors (Lipinski definition) is 2. The maximum absolute atomic E-state index is 12.6. The van der Waals surface area contributed by atoms with Crippen molar-refractivity contribution in [2.24, 2.45) is 5.92 Å². The van der Waals surface area contributed by atoms with Gasteiger partial charge in [-0.15, -0.1) is 0 Å². The second kappa shape index (κ2) is 6.75. The van der Waals surface area contributed by atoms with E-state index in [4.69, 9.17) is 0 Å². The van der Waals surface area contributed by atoms with Gasteiger partial charge in [-0.3, -0.25) is 4.79 Å². The van der Waals surface area contributed by atoms with Crippen molar-refractivity contribution >= 4 is 16.8 Å². The summed E-state index contributed by atoms with van der Waals surface area (Å²) >= 11 is 0. The Kier molecular flexibility index (Phi) is 4.30. The molecule has 0 saturated carbocycles. The SMILES string of the molecule is C[C@H]1CCc2[nH]c3c(C(=O)NCCCn4ccnc4)cccc3c2C1. The highest BCUT2D eigenvalue weighted by atomic mass is 16.1. The molecule has 5 heteroatoms. The molecule has 25 heavy (non-hydrogen) atoms. The molecule has 2 N–H and O–H groups in total. The van der Waals surface area contributed by atoms with Crippen molar-refractivity contribution in [2.45, 2.75) is 39.2 Å². The summed E-state index contributed by atoms with van der Waals surface area (Å²) in [6.07, 6.45) is 9.79. The third-order valence-electron chi connectivity index (χ3n) is 5.15. The summed E-state index contributed by atoms with van der Waals surface area (Å²) in [5.41, 5.74) is 4.47. The Balaban J connectivity index is 1.48. The van der Waals surface area contributed by atoms with Gasteiger partial charge in [0.25, 0.3) is 5.91 Å². The van der Waals surface area contributed by atoms with Crippen LogP contribution < -0.4 is 5.32 Å². The highest BCUT2D eigenvalue weighted by Gasteiger charge is 2.22. The zero-order valence-corrected chi connectivity index (χ0v) is 14.6. The van der Waals surface area contributed by atoms with E-state index in [1.807, 2.05) is 22.9 Å². The number of para-hydroxylation sites is 1. The fraction of sp³-hybridized carbons (Fsp3) is 0.400. The number of carbonyl (C=O) groups is 1. The van der Waals surface area contributed by atoms with Gasteiger partial charge in [-0.2, -0.15) is 0 Å². The number of H-pyrrole nitrogens is 1. The molecule has 5 nitrogen and oxygen atoms in total. The average Bonchev–Trinajstić information content (AvgIpc) is 3.25. The van der Waals surface area contributed by atoms with Crippen molar-refractivity contribution < 1.29 is 4.79 Å². The number of imidazole rings is 1. The Labute approximate surface area is 147 Å². The van der Waals surface area contributed by atoms with Crippen LogP contribution in [0.15, 0.2) is 36.9 Å². The molecule has 0 bridgehead atoms. The first-order valence-electron chi connectivity index (χ1n) is 9.09. The van der Waals surface area contributed by atoms with Gasteiger partial charge in [-0.1, -0.05) is 19.1 Å². The molecule has 2 aromatic heterocycles. The monoisotopic (exact) mass is 336 g/mol. The fourth-order valence-corrected chi connectivity index (χ4v) is 3.78. The zero-order chi connectivity index (χ0) is 17.2. The average molecular weight is 336 g/mol. The molecule has 0 saturated heterocycles. The minimum atomic E-state index is 0.00266. The van der Waals surface area contributed by atoms with Crippen molar-refractivity contribution in [1.82, 2.24) is 19.9 Å². The van der Waals surface area contributed by atoms with E-state index in [0.717, 1.165) is 36.9 Å². The second-order valence-corrected chi connectivity index (χ2v) is 7.07. The first-order chi connectivity index (χ1) is 12.2. The summed E-state index contributed by atoms with van der Waals surface area (Å²) in [5.74, 6) is 0.718. The van der Waals surface area contributed by atoms with Crippen LogP contribution in [0.25, 0.3) is 10.9 Å². The molecule has 0 spiro atoms. The number of carbonyl (C=O) groups excluding carboxylic acids is 1. The Hall–Kier alpha value is -2.56. The topological polar surface area (TPSA) is 62.7 Å². The molecule has 1 aliphatic rings. The van der Waals surface area contributed by atoms with Crippen LogP contribution in [0.1, 0.15) is 41.4 Å². The molecule has 1 aromatic carbocycles. The van der Waals surface area contributed by atoms with Crippen LogP contribution in [0, 0.1) is 5.92 Å². The van der Waals surface area contributed by atoms with E-state index in [1.165, 1.54) is 23.1 Å². The fourth-order valence-electron chi connectivity index (χ4n) is 3.78. The molecule has 1 aliphatic carbocycles. The number of benzene rings is 1. The van der Waals surface area contributed by atoms with E-state index >= 15 is 0 Å². The Morgan fingerprint density at radius 2 is 2.36 bits per heavy atom. The molecule has 4 rings (SSSR count). The standard InChI is InChI=1S/C20H24N4O/c1-14-6-7-18-17(12-14)15-4-2-5-16(19(15)23-18)20(25)22-8-3-10-24-11-9-21-13-24/h2,4-5,9,11,13-14,23H,3,6-8,10,12H2,1H3,(H,22,25)/t14-/m0/s1. The summed E-state index contributed by atoms with van der Waals surface area (Å²) in [4.78, 5) is 20.2. The van der Waals surface area contributed by atoms with Gasteiger partial charge in [-0.05, 0) is 43.2 Å². The predicted octanol–water partition coefficient (Wildman–Crippen LogP) is 3.31. The summed E-state index contributed by atoms with van der Waals surface area (Å²) < 4.78 is 2.02. The molecular formula is C20H24N4O. The van der Waals surface area contributed by atoms with E-state index in [9.17, 15) is 4.79 Å². The minimum Gasteiger partial charge on any atom is -0.358 e. The second-order valence-electron chi connectivity index (χ2n) is 7.07. The molecule has 0 fully saturated rings. The molecule has 0 radical (unpaired) electrons. The van der Waals surface area contributed by atoms with Gasteiger partial charge in [0.05, 0.1) is 17.4 Å². The molecule has 0 unspecified atom stereocenters. The first-order valence-corrected chi connectivity index (χ1v) is 9.09. The highest BCUT2D eigenvalue weighted by Crippen LogP contribution is 2.32. The number of aromatic amines is 1. The van der Waals surface area contributed by atoms with Crippen molar-refractivity contribution in [3.8, 4) is 0 Å². The smallest absolute Gasteiger partial charge is 0.253 e. The van der Waals surface area contributed by atoms with Gasteiger partial charge in [0.15, 0.2) is 0 Å². The van der Waals surface area contributed by atoms with Gasteiger partial charge in [0, 0.05) is 36.6 Å². The largest absolute Gasteiger partial charge is 0.358 e. The quantitative estimate of drug-likeness (QED) is 0.702. The Morgan fingerprint density at radius 1 is 1.44 bits per heavy atom. The highest BCUT2D eigenvalue weighted by molar-refractivity contribution is 6.06. The maximum Gasteiger partial charge on any atom is 0.253 e. The molecule has 3 aromatic rings. The summed E-state index contributed by atoms with van der Waals surface area (Å²) in [7, 11) is 0. The third kappa shape index (κ3) is 3.18. The number of aryl methyl sites for hydroxylation is 2. The zero-order valence-electron chi connectivity index (χ0n) is 14.6. The van der Waals surface area contributed by atoms with Gasteiger partial charge < -0.3 is 14.9 Å². The van der Waals surface area contributed by atoms with E-state index in [2.05, 4.69) is 28.3 Å². The van der Waals surface area contributed by atoms with E-state index in [1.54, 1.807) is 12.5 Å². The van der Waals surface area contributed by atoms with Crippen molar-refractivity contribution in [3.63, 3.8) is 0 Å². The minimum absolute atomic E-state index is 0.00266. The van der Waals surface area contributed by atoms with Crippen LogP contribution in [0.4, 0.5) is 0 Å². The molecule has 130 valence electrons. The van der Waals surface area contributed by atoms with Crippen molar-refractivity contribution in [2.75, 3.05) is 6.54 Å². The van der Waals surface area contributed by atoms with E-state index < -0.39 is 0 Å². The first kappa shape index (κ1) is 15.9. The van der Waals surface area contributed by atoms with Crippen molar-refractivity contribution in [3.05, 3.63) is 53.7 Å². The molecule has 2 heterocycles. The lowest BCUT2D eigenvalue weighted by atomic mass is 9.87. The Morgan fingerprint density at radius 3 is 3.20 bits per heavy atom. The van der Waals surface area contributed by atoms with Crippen LogP contribution in [0.2, 0.25) is 0 Å². The summed E-state index contributed by atoms with van der Waals surface area (Å²) in [5, 5.41) is 4.27. The summed E-state index contributed by atoms with van der Waals surface area (Å²) in [6.45, 7) is 3.82. The van der Waals surface area contributed by atoms with Crippen LogP contribution in [-0.2, 0) is 19.4 Å². The number of nitrogens with zero attached hydrogens (tertiary/aromatic N) is 2. The van der Waals surface area contributed by atoms with Crippen LogP contribution in [0.3, 0.4) is 0 Å². The van der Waals surface area contributed by atoms with Crippen LogP contribution in [0.5, 0.6) is 0 Å². The molecule has 1 atom stereocenters. The molecule has 1 amide bonds. The Bertz CT molecular complexity index is 879. The lowest BCUT2D eigenvalue weighted by molar-refractivity contribution is 0.0954. The van der Waals surface area contributed by atoms with Gasteiger partial charge in [-0.25, -0.2) is 4.98 Å². The van der Waals surface area contributed by atoms with Crippen LogP contribution >= 0.6 is 0 Å². The maximum atomic E-state index is 12.6. The lowest BCUT2D eigenvalue weighted by Crippen LogP contribution is -2.25. The predicted molar refractivity (Wildman–Crippen MR) is 98.7 cm³/mol. The number of fused-ring (bicyclic) bond motifs is 3. The number of hydrogen-bond acceptors (Lipinski definition) is 2. The number of amides is 1. The summed E-state index contributed by atoms with van der Waals surface area (Å²) in [6, 6.07) is 6.05. The van der Waals surface area contributed by atoms with Gasteiger partial charge in [0.1, 0.15) is 0 Å². The number of nitrogens with one attached hydrogen (secondary N) is 2. The number of aromatic nitrogens is 3. The van der Waals surface area contributed by atoms with Crippen LogP contribution in [-0.4, -0.2) is 27.0 Å². The van der Waals surface area contributed by atoms with E-state index in [-0.39, 0.29) is 5.91 Å².